The minimum atomic E-state index is 0. The normalized spacial score (nSPS) is 29.1. The Bertz CT molecular complexity index is 280. The van der Waals surface area contributed by atoms with Gasteiger partial charge in [-0.3, -0.25) is 4.90 Å². The van der Waals surface area contributed by atoms with Gasteiger partial charge < -0.3 is 27.3 Å². The van der Waals surface area contributed by atoms with Crippen molar-refractivity contribution in [1.29, 1.82) is 0 Å². The maximum atomic E-state index is 8.60. The van der Waals surface area contributed by atoms with E-state index in [0.29, 0.717) is 12.8 Å². The first kappa shape index (κ1) is 14.3. The summed E-state index contributed by atoms with van der Waals surface area (Å²) < 4.78 is 5.85. The molecular formula is C11H20ClN3O2. The summed E-state index contributed by atoms with van der Waals surface area (Å²) >= 11 is 0. The second-order valence-corrected chi connectivity index (χ2v) is 4.48. The summed E-state index contributed by atoms with van der Waals surface area (Å²) in [6, 6.07) is 0. The lowest BCUT2D eigenvalue weighted by Crippen LogP contribution is -3.12. The molecule has 2 rings (SSSR count). The van der Waals surface area contributed by atoms with Crippen molar-refractivity contribution in [3.63, 3.8) is 0 Å². The largest absolute Gasteiger partial charge is 1.00 e. The van der Waals surface area contributed by atoms with E-state index in [4.69, 9.17) is 9.94 Å². The van der Waals surface area contributed by atoms with Crippen molar-refractivity contribution in [1.82, 2.24) is 4.90 Å². The third-order valence-electron chi connectivity index (χ3n) is 3.34. The van der Waals surface area contributed by atoms with Gasteiger partial charge >= 0.3 is 0 Å². The molecule has 1 saturated carbocycles. The van der Waals surface area contributed by atoms with Crippen molar-refractivity contribution in [2.45, 2.75) is 38.0 Å². The molecule has 5 nitrogen and oxygen atoms in total. The van der Waals surface area contributed by atoms with Crippen LogP contribution in [0.4, 0.5) is 0 Å². The van der Waals surface area contributed by atoms with Crippen LogP contribution in [0.3, 0.4) is 0 Å². The number of hydrogen-bond acceptors (Lipinski definition) is 4. The van der Waals surface area contributed by atoms with Gasteiger partial charge in [0.05, 0.1) is 12.3 Å². The highest BCUT2D eigenvalue weighted by Crippen LogP contribution is 2.20. The van der Waals surface area contributed by atoms with Crippen molar-refractivity contribution < 1.29 is 27.3 Å². The predicted octanol–water partition coefficient (Wildman–Crippen LogP) is -3.01. The van der Waals surface area contributed by atoms with Gasteiger partial charge in [0, 0.05) is 7.05 Å². The van der Waals surface area contributed by atoms with Gasteiger partial charge in [-0.1, -0.05) is 18.0 Å². The van der Waals surface area contributed by atoms with Crippen molar-refractivity contribution in [2.75, 3.05) is 13.8 Å². The molecule has 2 aliphatic rings. The molecule has 0 aromatic heterocycles. The Morgan fingerprint density at radius 1 is 1.53 bits per heavy atom. The highest BCUT2D eigenvalue weighted by molar-refractivity contribution is 5.61. The minimum Gasteiger partial charge on any atom is -1.00 e. The maximum Gasteiger partial charge on any atom is 0.209 e. The zero-order valence-electron chi connectivity index (χ0n) is 10.1. The molecule has 0 aromatic rings. The van der Waals surface area contributed by atoms with E-state index in [2.05, 4.69) is 5.16 Å². The Morgan fingerprint density at radius 3 is 2.88 bits per heavy atom. The molecule has 1 heterocycles. The van der Waals surface area contributed by atoms with E-state index in [9.17, 15) is 0 Å². The lowest BCUT2D eigenvalue weighted by Gasteiger charge is -2.22. The molecule has 2 atom stereocenters. The van der Waals surface area contributed by atoms with E-state index in [-0.39, 0.29) is 18.6 Å². The van der Waals surface area contributed by atoms with E-state index < -0.39 is 0 Å². The van der Waals surface area contributed by atoms with Crippen molar-refractivity contribution in [3.8, 4) is 0 Å². The first-order valence-corrected chi connectivity index (χ1v) is 5.86. The summed E-state index contributed by atoms with van der Waals surface area (Å²) in [6.07, 6.45) is 11.0. The topological polar surface area (TPSA) is 49.5 Å². The molecule has 6 heteroatoms. The standard InChI is InChI=1S/C11H19N3O2.ClH/c1-13-6-7-14(11(13)8-12-15)9-16-10-4-2-3-5-10;/h6-8,10-11,15H,2-5,9H2,1H3;1H/b12-8-;. The summed E-state index contributed by atoms with van der Waals surface area (Å²) in [7, 11) is 1.96. The Hall–Kier alpha value is -0.780. The molecule has 1 aliphatic carbocycles. The van der Waals surface area contributed by atoms with Crippen LogP contribution in [0.15, 0.2) is 17.6 Å². The molecule has 0 aromatic carbocycles. The quantitative estimate of drug-likeness (QED) is 0.322. The molecule has 0 radical (unpaired) electrons. The summed E-state index contributed by atoms with van der Waals surface area (Å²) in [4.78, 5) is 3.17. The minimum absolute atomic E-state index is 0. The van der Waals surface area contributed by atoms with Crippen LogP contribution >= 0.6 is 0 Å². The fourth-order valence-corrected chi connectivity index (χ4v) is 2.33. The van der Waals surface area contributed by atoms with Crippen LogP contribution in [0.5, 0.6) is 0 Å². The fourth-order valence-electron chi connectivity index (χ4n) is 2.33. The Kier molecular flexibility index (Phi) is 5.74. The number of oxime groups is 1. The van der Waals surface area contributed by atoms with Crippen LogP contribution in [0, 0.1) is 0 Å². The molecular weight excluding hydrogens is 242 g/mol. The third-order valence-corrected chi connectivity index (χ3v) is 3.34. The average Bonchev–Trinajstić information content (AvgIpc) is 2.89. The lowest BCUT2D eigenvalue weighted by atomic mass is 10.3. The highest BCUT2D eigenvalue weighted by Gasteiger charge is 2.28. The van der Waals surface area contributed by atoms with Gasteiger partial charge in [-0.15, -0.1) is 0 Å². The first-order chi connectivity index (χ1) is 7.81. The molecule has 0 bridgehead atoms. The molecule has 1 fully saturated rings. The number of hydrogen-bond donors (Lipinski definition) is 2. The zero-order valence-corrected chi connectivity index (χ0v) is 10.8. The summed E-state index contributed by atoms with van der Waals surface area (Å²) in [5.41, 5.74) is 0. The SMILES string of the molecule is CN1C=C[NH+](COC2CCCC2)C1/C=N\O.[Cl-]. The maximum absolute atomic E-state index is 8.60. The van der Waals surface area contributed by atoms with E-state index in [1.54, 1.807) is 0 Å². The Morgan fingerprint density at radius 2 is 2.24 bits per heavy atom. The molecule has 2 unspecified atom stereocenters. The molecule has 0 spiro atoms. The molecule has 1 aliphatic heterocycles. The second kappa shape index (κ2) is 6.83. The van der Waals surface area contributed by atoms with Gasteiger partial charge in [0.25, 0.3) is 0 Å². The lowest BCUT2D eigenvalue weighted by molar-refractivity contribution is -0.886. The Balaban J connectivity index is 0.00000144. The van der Waals surface area contributed by atoms with Crippen LogP contribution < -0.4 is 17.3 Å². The monoisotopic (exact) mass is 261 g/mol. The average molecular weight is 262 g/mol. The first-order valence-electron chi connectivity index (χ1n) is 5.86. The van der Waals surface area contributed by atoms with Gasteiger partial charge in [-0.25, -0.2) is 0 Å². The summed E-state index contributed by atoms with van der Waals surface area (Å²) in [5.74, 6) is 0. The van der Waals surface area contributed by atoms with Crippen molar-refractivity contribution >= 4 is 6.21 Å². The van der Waals surface area contributed by atoms with Crippen molar-refractivity contribution in [3.05, 3.63) is 12.4 Å². The van der Waals surface area contributed by atoms with Crippen LogP contribution in [-0.2, 0) is 4.74 Å². The predicted molar refractivity (Wildman–Crippen MR) is 60.1 cm³/mol. The van der Waals surface area contributed by atoms with Crippen molar-refractivity contribution in [2.24, 2.45) is 5.16 Å². The van der Waals surface area contributed by atoms with Gasteiger partial charge in [-0.2, -0.15) is 0 Å². The van der Waals surface area contributed by atoms with Gasteiger partial charge in [0.1, 0.15) is 12.4 Å². The number of nitrogens with zero attached hydrogens (tertiary/aromatic N) is 2. The number of halogens is 1. The van der Waals surface area contributed by atoms with E-state index in [1.165, 1.54) is 31.9 Å². The fraction of sp³-hybridized carbons (Fsp3) is 0.727. The third kappa shape index (κ3) is 3.59. The smallest absolute Gasteiger partial charge is 0.209 e. The number of rotatable bonds is 4. The zero-order chi connectivity index (χ0) is 11.4. The van der Waals surface area contributed by atoms with E-state index in [1.807, 2.05) is 24.3 Å². The second-order valence-electron chi connectivity index (χ2n) is 4.48. The van der Waals surface area contributed by atoms with Gasteiger partial charge in [0.2, 0.25) is 6.17 Å². The number of nitrogens with one attached hydrogen (secondary N) is 1. The molecule has 98 valence electrons. The van der Waals surface area contributed by atoms with Crippen LogP contribution in [0.25, 0.3) is 0 Å². The van der Waals surface area contributed by atoms with Gasteiger partial charge in [0.15, 0.2) is 6.73 Å². The summed E-state index contributed by atoms with van der Waals surface area (Å²) in [5, 5.41) is 11.7. The van der Waals surface area contributed by atoms with E-state index >= 15 is 0 Å². The van der Waals surface area contributed by atoms with Crippen LogP contribution in [-0.4, -0.2) is 42.4 Å². The summed E-state index contributed by atoms with van der Waals surface area (Å²) in [6.45, 7) is 0.641. The van der Waals surface area contributed by atoms with Crippen LogP contribution in [0.1, 0.15) is 25.7 Å². The Labute approximate surface area is 108 Å². The molecule has 0 saturated heterocycles. The van der Waals surface area contributed by atoms with E-state index in [0.717, 1.165) is 4.90 Å². The van der Waals surface area contributed by atoms with Gasteiger partial charge in [-0.05, 0) is 12.8 Å². The van der Waals surface area contributed by atoms with Crippen LogP contribution in [0.2, 0.25) is 0 Å². The molecule has 0 amide bonds. The highest BCUT2D eigenvalue weighted by atomic mass is 35.5. The molecule has 2 N–H and O–H groups in total. The number of quaternary nitrogens is 1. The molecule has 17 heavy (non-hydrogen) atoms. The number of ether oxygens (including phenoxy) is 1.